The van der Waals surface area contributed by atoms with Crippen LogP contribution in [0, 0.1) is 5.95 Å². The van der Waals surface area contributed by atoms with Crippen molar-refractivity contribution in [2.24, 2.45) is 0 Å². The van der Waals surface area contributed by atoms with Crippen molar-refractivity contribution in [2.75, 3.05) is 0 Å². The molecule has 2 heterocycles. The first kappa shape index (κ1) is 23.9. The van der Waals surface area contributed by atoms with Crippen molar-refractivity contribution < 1.29 is 13.9 Å². The van der Waals surface area contributed by atoms with Crippen LogP contribution in [0.5, 0.6) is 5.75 Å². The molecule has 0 spiro atoms. The summed E-state index contributed by atoms with van der Waals surface area (Å²) in [5.41, 5.74) is 3.29. The minimum absolute atomic E-state index is 0.0224. The molecule has 2 aromatic carbocycles. The lowest BCUT2D eigenvalue weighted by Gasteiger charge is -2.46. The smallest absolute Gasteiger partial charge is 0.251 e. The minimum Gasteiger partial charge on any atom is -0.489 e. The van der Waals surface area contributed by atoms with E-state index < -0.39 is 5.95 Å². The summed E-state index contributed by atoms with van der Waals surface area (Å²) in [6, 6.07) is 18.3. The van der Waals surface area contributed by atoms with Crippen LogP contribution in [0.2, 0.25) is 0 Å². The van der Waals surface area contributed by atoms with Gasteiger partial charge in [-0.3, -0.25) is 4.79 Å². The van der Waals surface area contributed by atoms with E-state index >= 15 is 0 Å². The Kier molecular flexibility index (Phi) is 6.71. The van der Waals surface area contributed by atoms with Crippen molar-refractivity contribution in [3.05, 3.63) is 83.9 Å². The van der Waals surface area contributed by atoms with Crippen LogP contribution < -0.4 is 15.4 Å². The van der Waals surface area contributed by atoms with Gasteiger partial charge in [-0.25, -0.2) is 4.98 Å². The second kappa shape index (κ2) is 9.55. The van der Waals surface area contributed by atoms with Crippen molar-refractivity contribution in [2.45, 2.75) is 64.3 Å². The van der Waals surface area contributed by atoms with E-state index in [0.29, 0.717) is 17.9 Å². The molecule has 0 atom stereocenters. The predicted octanol–water partition coefficient (Wildman–Crippen LogP) is 5.51. The molecule has 0 aliphatic carbocycles. The fourth-order valence-corrected chi connectivity index (χ4v) is 4.92. The first-order valence-corrected chi connectivity index (χ1v) is 11.6. The van der Waals surface area contributed by atoms with Crippen LogP contribution in [0.25, 0.3) is 11.1 Å². The number of benzene rings is 2. The number of rotatable bonds is 6. The number of ether oxygens (including phenoxy) is 1. The van der Waals surface area contributed by atoms with Crippen molar-refractivity contribution in [1.82, 2.24) is 15.6 Å². The van der Waals surface area contributed by atoms with Crippen molar-refractivity contribution >= 4 is 5.91 Å². The van der Waals surface area contributed by atoms with Crippen LogP contribution in [0.4, 0.5) is 4.39 Å². The molecule has 178 valence electrons. The summed E-state index contributed by atoms with van der Waals surface area (Å²) in [5, 5.41) is 6.85. The zero-order valence-electron chi connectivity index (χ0n) is 20.2. The second-order valence-electron chi connectivity index (χ2n) is 10.4. The SMILES string of the molecule is CC1(C)CC(NC(=O)c2ccc(COc3cccc(-c4ccc(F)nc4)c3)cc2)CC(C)(C)N1. The highest BCUT2D eigenvalue weighted by Crippen LogP contribution is 2.29. The summed E-state index contributed by atoms with van der Waals surface area (Å²) in [4.78, 5) is 16.5. The molecule has 5 nitrogen and oxygen atoms in total. The highest BCUT2D eigenvalue weighted by Gasteiger charge is 2.38. The van der Waals surface area contributed by atoms with E-state index in [9.17, 15) is 9.18 Å². The minimum atomic E-state index is -0.503. The molecule has 4 rings (SSSR count). The average molecular weight is 462 g/mol. The van der Waals surface area contributed by atoms with Gasteiger partial charge in [-0.15, -0.1) is 0 Å². The summed E-state index contributed by atoms with van der Waals surface area (Å²) in [6.45, 7) is 9.08. The van der Waals surface area contributed by atoms with E-state index in [2.05, 4.69) is 43.3 Å². The van der Waals surface area contributed by atoms with E-state index in [1.807, 2.05) is 48.5 Å². The first-order valence-electron chi connectivity index (χ1n) is 11.6. The monoisotopic (exact) mass is 461 g/mol. The zero-order chi connectivity index (χ0) is 24.3. The Morgan fingerprint density at radius 3 is 2.38 bits per heavy atom. The number of amides is 1. The molecule has 1 aliphatic rings. The Hall–Kier alpha value is -3.25. The molecule has 34 heavy (non-hydrogen) atoms. The number of pyridine rings is 1. The van der Waals surface area contributed by atoms with Crippen molar-refractivity contribution in [3.8, 4) is 16.9 Å². The lowest BCUT2D eigenvalue weighted by Crippen LogP contribution is -2.62. The Morgan fingerprint density at radius 2 is 1.74 bits per heavy atom. The Morgan fingerprint density at radius 1 is 1.03 bits per heavy atom. The van der Waals surface area contributed by atoms with Gasteiger partial charge in [0.1, 0.15) is 12.4 Å². The maximum Gasteiger partial charge on any atom is 0.251 e. The molecule has 0 saturated carbocycles. The molecule has 2 N–H and O–H groups in total. The average Bonchev–Trinajstić information content (AvgIpc) is 2.76. The first-order chi connectivity index (χ1) is 16.1. The van der Waals surface area contributed by atoms with Crippen LogP contribution >= 0.6 is 0 Å². The molecule has 1 amide bonds. The van der Waals surface area contributed by atoms with Crippen LogP contribution in [-0.2, 0) is 6.61 Å². The molecule has 1 fully saturated rings. The molecule has 0 unspecified atom stereocenters. The van der Waals surface area contributed by atoms with Crippen molar-refractivity contribution in [3.63, 3.8) is 0 Å². The van der Waals surface area contributed by atoms with Gasteiger partial charge < -0.3 is 15.4 Å². The Bertz CT molecular complexity index is 1130. The van der Waals surface area contributed by atoms with Gasteiger partial charge in [0.2, 0.25) is 5.95 Å². The molecule has 3 aromatic rings. The summed E-state index contributed by atoms with van der Waals surface area (Å²) in [5.74, 6) is 0.156. The van der Waals surface area contributed by atoms with Gasteiger partial charge >= 0.3 is 0 Å². The van der Waals surface area contributed by atoms with E-state index in [1.54, 1.807) is 6.07 Å². The third-order valence-electron chi connectivity index (χ3n) is 6.04. The third kappa shape index (κ3) is 6.20. The fourth-order valence-electron chi connectivity index (χ4n) is 4.92. The molecular formula is C28H32FN3O2. The van der Waals surface area contributed by atoms with E-state index in [0.717, 1.165) is 29.5 Å². The molecule has 1 aliphatic heterocycles. The topological polar surface area (TPSA) is 63.2 Å². The number of carbonyl (C=O) groups excluding carboxylic acids is 1. The molecule has 0 radical (unpaired) electrons. The van der Waals surface area contributed by atoms with Gasteiger partial charge in [0.15, 0.2) is 0 Å². The van der Waals surface area contributed by atoms with E-state index in [4.69, 9.17) is 4.74 Å². The van der Waals surface area contributed by atoms with Gasteiger partial charge in [-0.1, -0.05) is 24.3 Å². The third-order valence-corrected chi connectivity index (χ3v) is 6.04. The molecule has 1 aromatic heterocycles. The molecule has 0 bridgehead atoms. The molecule has 6 heteroatoms. The number of aromatic nitrogens is 1. The van der Waals surface area contributed by atoms with E-state index in [-0.39, 0.29) is 23.0 Å². The zero-order valence-corrected chi connectivity index (χ0v) is 20.2. The summed E-state index contributed by atoms with van der Waals surface area (Å²) in [6.07, 6.45) is 3.28. The maximum absolute atomic E-state index is 13.1. The van der Waals surface area contributed by atoms with Crippen LogP contribution in [0.1, 0.15) is 56.5 Å². The van der Waals surface area contributed by atoms with E-state index in [1.165, 1.54) is 12.3 Å². The molecular weight excluding hydrogens is 429 g/mol. The normalized spacial score (nSPS) is 17.2. The summed E-state index contributed by atoms with van der Waals surface area (Å²) >= 11 is 0. The van der Waals surface area contributed by atoms with Crippen LogP contribution in [0.15, 0.2) is 66.9 Å². The number of carbonyl (C=O) groups is 1. The number of nitrogens with one attached hydrogen (secondary N) is 2. The highest BCUT2D eigenvalue weighted by atomic mass is 19.1. The highest BCUT2D eigenvalue weighted by molar-refractivity contribution is 5.94. The van der Waals surface area contributed by atoms with Crippen LogP contribution in [-0.4, -0.2) is 28.0 Å². The Labute approximate surface area is 200 Å². The lowest BCUT2D eigenvalue weighted by atomic mass is 9.79. The molecule has 1 saturated heterocycles. The summed E-state index contributed by atoms with van der Waals surface area (Å²) < 4.78 is 19.0. The van der Waals surface area contributed by atoms with Gasteiger partial charge in [0.05, 0.1) is 0 Å². The fraction of sp³-hybridized carbons (Fsp3) is 0.357. The van der Waals surface area contributed by atoms with Gasteiger partial charge in [-0.2, -0.15) is 4.39 Å². The number of hydrogen-bond donors (Lipinski definition) is 2. The van der Waals surface area contributed by atoms with Crippen LogP contribution in [0.3, 0.4) is 0 Å². The lowest BCUT2D eigenvalue weighted by molar-refractivity contribution is 0.0873. The van der Waals surface area contributed by atoms with Gasteiger partial charge in [-0.05, 0) is 88.1 Å². The van der Waals surface area contributed by atoms with Crippen molar-refractivity contribution in [1.29, 1.82) is 0 Å². The Balaban J connectivity index is 1.35. The second-order valence-corrected chi connectivity index (χ2v) is 10.4. The maximum atomic E-state index is 13.1. The predicted molar refractivity (Wildman–Crippen MR) is 132 cm³/mol. The largest absolute Gasteiger partial charge is 0.489 e. The summed E-state index contributed by atoms with van der Waals surface area (Å²) in [7, 11) is 0. The number of halogens is 1. The number of nitrogens with zero attached hydrogens (tertiary/aromatic N) is 1. The van der Waals surface area contributed by atoms with Gasteiger partial charge in [0, 0.05) is 34.4 Å². The number of hydrogen-bond acceptors (Lipinski definition) is 4. The standard InChI is InChI=1S/C28H32FN3O2/c1-27(2)15-23(16-28(3,4)32-27)31-26(33)20-10-8-19(9-11-20)18-34-24-7-5-6-21(14-24)22-12-13-25(29)30-17-22/h5-14,17,23,32H,15-16,18H2,1-4H3,(H,31,33). The quantitative estimate of drug-likeness (QED) is 0.476. The van der Waals surface area contributed by atoms with Gasteiger partial charge in [0.25, 0.3) is 5.91 Å². The number of piperidine rings is 1.